The van der Waals surface area contributed by atoms with Crippen LogP contribution in [0.25, 0.3) is 11.5 Å². The van der Waals surface area contributed by atoms with E-state index in [0.29, 0.717) is 23.9 Å². The molecule has 12 heteroatoms. The Morgan fingerprint density at radius 2 is 2.03 bits per heavy atom. The number of nitrogens with one attached hydrogen (secondary N) is 1. The van der Waals surface area contributed by atoms with Crippen LogP contribution < -0.4 is 4.90 Å². The molecule has 1 aromatic carbocycles. The molecule has 1 aliphatic rings. The number of rotatable bonds is 8. The molecule has 0 spiro atoms. The van der Waals surface area contributed by atoms with E-state index in [0.717, 1.165) is 24.2 Å². The highest BCUT2D eigenvalue weighted by Gasteiger charge is 2.37. The summed E-state index contributed by atoms with van der Waals surface area (Å²) in [4.78, 5) is 1.64. The van der Waals surface area contributed by atoms with Crippen molar-refractivity contribution in [2.45, 2.75) is 51.1 Å². The molecule has 4 rings (SSSR count). The van der Waals surface area contributed by atoms with Gasteiger partial charge in [0.1, 0.15) is 30.2 Å². The fourth-order valence-corrected chi connectivity index (χ4v) is 4.48. The number of anilines is 1. The van der Waals surface area contributed by atoms with Crippen molar-refractivity contribution in [2.24, 2.45) is 0 Å². The largest absolute Gasteiger partial charge is 0.360 e. The third-order valence-corrected chi connectivity index (χ3v) is 7.12. The Labute approximate surface area is 184 Å². The van der Waals surface area contributed by atoms with E-state index in [1.165, 1.54) is 0 Å². The lowest BCUT2D eigenvalue weighted by Crippen LogP contribution is -2.25. The summed E-state index contributed by atoms with van der Waals surface area (Å²) in [5.74, 6) is -0.435. The number of nitrogens with zero attached hydrogens (tertiary/aromatic N) is 6. The smallest absolute Gasteiger partial charge is 0.222 e. The van der Waals surface area contributed by atoms with Crippen molar-refractivity contribution in [2.75, 3.05) is 18.1 Å². The van der Waals surface area contributed by atoms with E-state index in [1.54, 1.807) is 15.6 Å². The summed E-state index contributed by atoms with van der Waals surface area (Å²) >= 11 is 0. The summed E-state index contributed by atoms with van der Waals surface area (Å²) in [6, 6.07) is 5.22. The number of aromatic nitrogens is 6. The van der Waals surface area contributed by atoms with Gasteiger partial charge in [-0.2, -0.15) is 10.3 Å². The molecule has 0 unspecified atom stereocenters. The molecule has 3 aromatic rings. The van der Waals surface area contributed by atoms with Crippen LogP contribution in [0, 0.1) is 11.6 Å². The molecule has 1 aliphatic heterocycles. The Kier molecular flexibility index (Phi) is 6.33. The number of tetrazole rings is 1. The predicted octanol–water partition coefficient (Wildman–Crippen LogP) is 3.94. The highest BCUT2D eigenvalue weighted by Crippen LogP contribution is 2.39. The van der Waals surface area contributed by atoms with Crippen molar-refractivity contribution >= 4 is 13.9 Å². The van der Waals surface area contributed by atoms with Gasteiger partial charge in [0.2, 0.25) is 5.82 Å². The van der Waals surface area contributed by atoms with Crippen molar-refractivity contribution in [3.63, 3.8) is 0 Å². The maximum atomic E-state index is 14.5. The summed E-state index contributed by atoms with van der Waals surface area (Å²) in [7, 11) is -1.25. The molecule has 1 fully saturated rings. The molecule has 3 heterocycles. The summed E-state index contributed by atoms with van der Waals surface area (Å²) < 4.78 is 50.1. The van der Waals surface area contributed by atoms with Crippen molar-refractivity contribution < 1.29 is 17.9 Å². The fraction of sp³-hybridized carbons (Fsp3) is 0.500. The number of halogens is 3. The standard InChI is InChI=1S/C20H26F3N7OSi/c1-32(2,3)7-6-31-12-30-18(20-24-27-28-25-20)10-19(26-30)29-11-14(22)9-17(29)15-8-13(21)4-5-16(15)23/h4-5,8,10,14,17H,6-7,9,11-12H2,1-3H3,(H,24,25,27,28)/t14-,17+/m0/s1. The molecule has 1 saturated heterocycles. The molecule has 0 radical (unpaired) electrons. The van der Waals surface area contributed by atoms with E-state index >= 15 is 0 Å². The average molecular weight is 466 g/mol. The summed E-state index contributed by atoms with van der Waals surface area (Å²) in [6.45, 7) is 7.54. The third kappa shape index (κ3) is 5.01. The highest BCUT2D eigenvalue weighted by molar-refractivity contribution is 6.76. The van der Waals surface area contributed by atoms with E-state index in [-0.39, 0.29) is 25.3 Å². The van der Waals surface area contributed by atoms with E-state index in [2.05, 4.69) is 45.4 Å². The van der Waals surface area contributed by atoms with Crippen LogP contribution >= 0.6 is 0 Å². The minimum Gasteiger partial charge on any atom is -0.360 e. The number of hydrogen-bond acceptors (Lipinski definition) is 6. The molecule has 0 saturated carbocycles. The zero-order valence-corrected chi connectivity index (χ0v) is 19.2. The van der Waals surface area contributed by atoms with Crippen LogP contribution in [-0.2, 0) is 11.5 Å². The molecule has 2 atom stereocenters. The molecule has 32 heavy (non-hydrogen) atoms. The van der Waals surface area contributed by atoms with E-state index < -0.39 is 31.9 Å². The van der Waals surface area contributed by atoms with Crippen LogP contribution in [0.3, 0.4) is 0 Å². The van der Waals surface area contributed by atoms with Gasteiger partial charge in [0.15, 0.2) is 5.82 Å². The topological polar surface area (TPSA) is 84.8 Å². The van der Waals surface area contributed by atoms with Gasteiger partial charge in [-0.15, -0.1) is 10.2 Å². The zero-order valence-electron chi connectivity index (χ0n) is 18.2. The maximum Gasteiger partial charge on any atom is 0.222 e. The minimum atomic E-state index is -1.25. The fourth-order valence-electron chi connectivity index (χ4n) is 3.72. The Hall–Kier alpha value is -2.73. The second kappa shape index (κ2) is 9.02. The van der Waals surface area contributed by atoms with Crippen molar-refractivity contribution in [1.29, 1.82) is 0 Å². The number of alkyl halides is 1. The van der Waals surface area contributed by atoms with Gasteiger partial charge in [0.25, 0.3) is 0 Å². The van der Waals surface area contributed by atoms with Crippen LogP contribution in [0.4, 0.5) is 19.0 Å². The van der Waals surface area contributed by atoms with Crippen molar-refractivity contribution in [1.82, 2.24) is 30.4 Å². The van der Waals surface area contributed by atoms with Crippen molar-refractivity contribution in [3.8, 4) is 11.5 Å². The number of benzene rings is 1. The van der Waals surface area contributed by atoms with Gasteiger partial charge >= 0.3 is 0 Å². The molecule has 172 valence electrons. The molecule has 1 N–H and O–H groups in total. The zero-order chi connectivity index (χ0) is 22.9. The third-order valence-electron chi connectivity index (χ3n) is 5.41. The summed E-state index contributed by atoms with van der Waals surface area (Å²) in [5, 5.41) is 18.6. The molecule has 0 aliphatic carbocycles. The average Bonchev–Trinajstić information content (AvgIpc) is 3.45. The summed E-state index contributed by atoms with van der Waals surface area (Å²) in [6.07, 6.45) is -1.16. The molecular weight excluding hydrogens is 439 g/mol. The first-order chi connectivity index (χ1) is 15.2. The Bertz CT molecular complexity index is 1050. The van der Waals surface area contributed by atoms with Gasteiger partial charge in [-0.3, -0.25) is 0 Å². The quantitative estimate of drug-likeness (QED) is 0.401. The van der Waals surface area contributed by atoms with Crippen LogP contribution in [-0.4, -0.2) is 57.8 Å². The number of hydrogen-bond donors (Lipinski definition) is 1. The van der Waals surface area contributed by atoms with E-state index in [9.17, 15) is 13.2 Å². The van der Waals surface area contributed by atoms with Gasteiger partial charge in [-0.1, -0.05) is 19.6 Å². The lowest BCUT2D eigenvalue weighted by Gasteiger charge is -2.24. The SMILES string of the molecule is C[Si](C)(C)CCOCn1nc(N2C[C@@H](F)C[C@@H]2c2cc(F)ccc2F)cc1-c1nn[nH]n1. The molecule has 0 amide bonds. The predicted molar refractivity (Wildman–Crippen MR) is 115 cm³/mol. The van der Waals surface area contributed by atoms with Crippen molar-refractivity contribution in [3.05, 3.63) is 41.5 Å². The lowest BCUT2D eigenvalue weighted by molar-refractivity contribution is 0.0798. The number of ether oxygens (including phenoxy) is 1. The maximum absolute atomic E-state index is 14.5. The minimum absolute atomic E-state index is 0.0137. The molecular formula is C20H26F3N7OSi. The summed E-state index contributed by atoms with van der Waals surface area (Å²) in [5.41, 5.74) is 0.634. The van der Waals surface area contributed by atoms with Crippen LogP contribution in [0.5, 0.6) is 0 Å². The second-order valence-electron chi connectivity index (χ2n) is 9.14. The second-order valence-corrected chi connectivity index (χ2v) is 14.8. The number of aromatic amines is 1. The lowest BCUT2D eigenvalue weighted by atomic mass is 10.0. The first-order valence-electron chi connectivity index (χ1n) is 10.5. The van der Waals surface area contributed by atoms with Gasteiger partial charge in [-0.05, 0) is 29.5 Å². The van der Waals surface area contributed by atoms with E-state index in [1.807, 2.05) is 0 Å². The highest BCUT2D eigenvalue weighted by atomic mass is 28.3. The van der Waals surface area contributed by atoms with Crippen LogP contribution in [0.1, 0.15) is 18.0 Å². The molecule has 0 bridgehead atoms. The first kappa shape index (κ1) is 22.5. The van der Waals surface area contributed by atoms with E-state index in [4.69, 9.17) is 4.74 Å². The van der Waals surface area contributed by atoms with Crippen LogP contribution in [0.2, 0.25) is 25.7 Å². The number of H-pyrrole nitrogens is 1. The van der Waals surface area contributed by atoms with Gasteiger partial charge in [-0.25, -0.2) is 17.9 Å². The van der Waals surface area contributed by atoms with Gasteiger partial charge in [0.05, 0.1) is 12.6 Å². The molecule has 8 nitrogen and oxygen atoms in total. The Morgan fingerprint density at radius 1 is 1.22 bits per heavy atom. The normalized spacial score (nSPS) is 19.1. The monoisotopic (exact) mass is 465 g/mol. The Balaban J connectivity index is 1.62. The first-order valence-corrected chi connectivity index (χ1v) is 14.2. The van der Waals surface area contributed by atoms with Gasteiger partial charge < -0.3 is 9.64 Å². The Morgan fingerprint density at radius 3 is 2.75 bits per heavy atom. The van der Waals surface area contributed by atoms with Gasteiger partial charge in [0, 0.05) is 32.7 Å². The van der Waals surface area contributed by atoms with Crippen LogP contribution in [0.15, 0.2) is 24.3 Å². The molecule has 2 aromatic heterocycles.